The predicted molar refractivity (Wildman–Crippen MR) is 106 cm³/mol. The molecule has 0 bridgehead atoms. The van der Waals surface area contributed by atoms with E-state index in [-0.39, 0.29) is 12.0 Å². The van der Waals surface area contributed by atoms with Gasteiger partial charge in [0, 0.05) is 42.1 Å². The number of carbonyl (C=O) groups excluding carboxylic acids is 1. The van der Waals surface area contributed by atoms with Gasteiger partial charge in [-0.3, -0.25) is 9.78 Å². The molecule has 3 heterocycles. The molecule has 1 unspecified atom stereocenters. The highest BCUT2D eigenvalue weighted by atomic mass is 32.1. The quantitative estimate of drug-likeness (QED) is 0.709. The summed E-state index contributed by atoms with van der Waals surface area (Å²) in [6.07, 6.45) is 6.22. The summed E-state index contributed by atoms with van der Waals surface area (Å²) in [5, 5.41) is 5.99. The van der Waals surface area contributed by atoms with Gasteiger partial charge >= 0.3 is 0 Å². The van der Waals surface area contributed by atoms with Gasteiger partial charge in [0.25, 0.3) is 0 Å². The third-order valence-corrected chi connectivity index (χ3v) is 5.49. The standard InChI is InChI=1S/C21H21N3O2S/c25-20(23-13-18-2-1-11-26-18)12-15-3-5-16(6-4-15)19-14-27-21(24-19)17-7-9-22-10-8-17/h3-10,14,18H,1-2,11-13H2,(H,23,25). The van der Waals surface area contributed by atoms with E-state index in [0.717, 1.165) is 46.8 Å². The van der Waals surface area contributed by atoms with Gasteiger partial charge in [-0.2, -0.15) is 0 Å². The molecule has 1 amide bonds. The zero-order valence-electron chi connectivity index (χ0n) is 14.9. The molecule has 1 atom stereocenters. The van der Waals surface area contributed by atoms with Crippen LogP contribution in [0.1, 0.15) is 18.4 Å². The minimum absolute atomic E-state index is 0.0341. The summed E-state index contributed by atoms with van der Waals surface area (Å²) >= 11 is 1.62. The van der Waals surface area contributed by atoms with Crippen LogP contribution in [0.5, 0.6) is 0 Å². The van der Waals surface area contributed by atoms with Gasteiger partial charge in [0.15, 0.2) is 0 Å². The van der Waals surface area contributed by atoms with Gasteiger partial charge in [-0.15, -0.1) is 11.3 Å². The first-order valence-corrected chi connectivity index (χ1v) is 9.99. The molecule has 27 heavy (non-hydrogen) atoms. The van der Waals surface area contributed by atoms with E-state index in [1.54, 1.807) is 23.7 Å². The zero-order chi connectivity index (χ0) is 18.5. The largest absolute Gasteiger partial charge is 0.376 e. The summed E-state index contributed by atoms with van der Waals surface area (Å²) in [5.74, 6) is 0.0341. The molecule has 0 spiro atoms. The van der Waals surface area contributed by atoms with E-state index in [2.05, 4.69) is 15.7 Å². The van der Waals surface area contributed by atoms with Crippen LogP contribution >= 0.6 is 11.3 Å². The highest BCUT2D eigenvalue weighted by molar-refractivity contribution is 7.13. The molecule has 0 radical (unpaired) electrons. The third kappa shape index (κ3) is 4.59. The first-order valence-electron chi connectivity index (χ1n) is 9.11. The molecule has 1 saturated heterocycles. The number of nitrogens with one attached hydrogen (secondary N) is 1. The SMILES string of the molecule is O=C(Cc1ccc(-c2csc(-c3ccncc3)n2)cc1)NCC1CCCO1. The van der Waals surface area contributed by atoms with Crippen LogP contribution in [-0.2, 0) is 16.0 Å². The van der Waals surface area contributed by atoms with E-state index in [1.165, 1.54) is 0 Å². The summed E-state index contributed by atoms with van der Waals surface area (Å²) in [5.41, 5.74) is 4.06. The molecule has 1 aliphatic rings. The highest BCUT2D eigenvalue weighted by Gasteiger charge is 2.16. The van der Waals surface area contributed by atoms with Crippen molar-refractivity contribution >= 4 is 17.2 Å². The lowest BCUT2D eigenvalue weighted by Crippen LogP contribution is -2.32. The molecule has 4 rings (SSSR count). The minimum Gasteiger partial charge on any atom is -0.376 e. The maximum Gasteiger partial charge on any atom is 0.224 e. The first kappa shape index (κ1) is 17.8. The van der Waals surface area contributed by atoms with E-state index >= 15 is 0 Å². The second-order valence-corrected chi connectivity index (χ2v) is 7.44. The maximum atomic E-state index is 12.1. The summed E-state index contributed by atoms with van der Waals surface area (Å²) in [6, 6.07) is 11.9. The fourth-order valence-electron chi connectivity index (χ4n) is 3.11. The summed E-state index contributed by atoms with van der Waals surface area (Å²) in [7, 11) is 0. The second-order valence-electron chi connectivity index (χ2n) is 6.59. The molecule has 1 N–H and O–H groups in total. The van der Waals surface area contributed by atoms with Gasteiger partial charge < -0.3 is 10.1 Å². The number of rotatable bonds is 6. The molecule has 1 fully saturated rings. The number of hydrogen-bond acceptors (Lipinski definition) is 5. The van der Waals surface area contributed by atoms with Crippen LogP contribution in [0.4, 0.5) is 0 Å². The Morgan fingerprint density at radius 3 is 2.70 bits per heavy atom. The molecule has 138 valence electrons. The smallest absolute Gasteiger partial charge is 0.224 e. The van der Waals surface area contributed by atoms with Crippen molar-refractivity contribution in [3.8, 4) is 21.8 Å². The van der Waals surface area contributed by atoms with E-state index in [9.17, 15) is 4.79 Å². The molecule has 6 heteroatoms. The number of aromatic nitrogens is 2. The normalized spacial score (nSPS) is 16.4. The Morgan fingerprint density at radius 1 is 1.15 bits per heavy atom. The Morgan fingerprint density at radius 2 is 1.96 bits per heavy atom. The Hall–Kier alpha value is -2.57. The fraction of sp³-hybridized carbons (Fsp3) is 0.286. The van der Waals surface area contributed by atoms with Crippen LogP contribution in [0.2, 0.25) is 0 Å². The van der Waals surface area contributed by atoms with E-state index in [1.807, 2.05) is 36.4 Å². The molecule has 3 aromatic rings. The van der Waals surface area contributed by atoms with Crippen molar-refractivity contribution in [2.75, 3.05) is 13.2 Å². The molecule has 1 aliphatic heterocycles. The van der Waals surface area contributed by atoms with Gasteiger partial charge in [-0.1, -0.05) is 24.3 Å². The van der Waals surface area contributed by atoms with Crippen LogP contribution in [-0.4, -0.2) is 35.1 Å². The fourth-order valence-corrected chi connectivity index (χ4v) is 3.94. The first-order chi connectivity index (χ1) is 13.3. The number of thiazole rings is 1. The number of ether oxygens (including phenoxy) is 1. The number of hydrogen-bond donors (Lipinski definition) is 1. The Balaban J connectivity index is 1.36. The van der Waals surface area contributed by atoms with Crippen molar-refractivity contribution in [3.63, 3.8) is 0 Å². The van der Waals surface area contributed by atoms with Crippen LogP contribution in [0.25, 0.3) is 21.8 Å². The molecule has 2 aromatic heterocycles. The van der Waals surface area contributed by atoms with Crippen molar-refractivity contribution < 1.29 is 9.53 Å². The Kier molecular flexibility index (Phi) is 5.55. The predicted octanol–water partition coefficient (Wildman–Crippen LogP) is 3.71. The van der Waals surface area contributed by atoms with Gasteiger partial charge in [0.2, 0.25) is 5.91 Å². The molecule has 0 saturated carbocycles. The number of pyridine rings is 1. The average molecular weight is 379 g/mol. The van der Waals surface area contributed by atoms with Crippen molar-refractivity contribution in [2.24, 2.45) is 0 Å². The second kappa shape index (κ2) is 8.41. The lowest BCUT2D eigenvalue weighted by molar-refractivity contribution is -0.120. The van der Waals surface area contributed by atoms with Gasteiger partial charge in [0.05, 0.1) is 18.2 Å². The van der Waals surface area contributed by atoms with Crippen molar-refractivity contribution in [3.05, 3.63) is 59.7 Å². The average Bonchev–Trinajstić information content (AvgIpc) is 3.40. The molecule has 0 aliphatic carbocycles. The maximum absolute atomic E-state index is 12.1. The van der Waals surface area contributed by atoms with Crippen LogP contribution in [0.3, 0.4) is 0 Å². The van der Waals surface area contributed by atoms with Crippen molar-refractivity contribution in [2.45, 2.75) is 25.4 Å². The molecular formula is C21H21N3O2S. The molecule has 5 nitrogen and oxygen atoms in total. The summed E-state index contributed by atoms with van der Waals surface area (Å²) < 4.78 is 5.53. The summed E-state index contributed by atoms with van der Waals surface area (Å²) in [4.78, 5) is 20.9. The molecule has 1 aromatic carbocycles. The van der Waals surface area contributed by atoms with Gasteiger partial charge in [-0.25, -0.2) is 4.98 Å². The Labute approximate surface area is 162 Å². The van der Waals surface area contributed by atoms with Crippen LogP contribution in [0.15, 0.2) is 54.2 Å². The van der Waals surface area contributed by atoms with E-state index in [0.29, 0.717) is 13.0 Å². The number of amides is 1. The lowest BCUT2D eigenvalue weighted by Gasteiger charge is -2.10. The monoisotopic (exact) mass is 379 g/mol. The van der Waals surface area contributed by atoms with Gasteiger partial charge in [0.1, 0.15) is 5.01 Å². The van der Waals surface area contributed by atoms with Crippen LogP contribution < -0.4 is 5.32 Å². The molecular weight excluding hydrogens is 358 g/mol. The highest BCUT2D eigenvalue weighted by Crippen LogP contribution is 2.28. The minimum atomic E-state index is 0.0341. The summed E-state index contributed by atoms with van der Waals surface area (Å²) in [6.45, 7) is 1.41. The topological polar surface area (TPSA) is 64.1 Å². The van der Waals surface area contributed by atoms with E-state index < -0.39 is 0 Å². The number of carbonyl (C=O) groups is 1. The number of benzene rings is 1. The third-order valence-electron chi connectivity index (χ3n) is 4.60. The van der Waals surface area contributed by atoms with Crippen LogP contribution in [0, 0.1) is 0 Å². The van der Waals surface area contributed by atoms with Crippen molar-refractivity contribution in [1.29, 1.82) is 0 Å². The Bertz CT molecular complexity index is 887. The zero-order valence-corrected chi connectivity index (χ0v) is 15.7. The van der Waals surface area contributed by atoms with Crippen molar-refractivity contribution in [1.82, 2.24) is 15.3 Å². The number of nitrogens with zero attached hydrogens (tertiary/aromatic N) is 2. The lowest BCUT2D eigenvalue weighted by atomic mass is 10.1. The van der Waals surface area contributed by atoms with E-state index in [4.69, 9.17) is 9.72 Å². The van der Waals surface area contributed by atoms with Gasteiger partial charge in [-0.05, 0) is 30.5 Å².